The highest BCUT2D eigenvalue weighted by atomic mass is 35.5. The number of pyridine rings is 1. The maximum Gasteiger partial charge on any atom is 0.229 e. The third kappa shape index (κ3) is 4.63. The summed E-state index contributed by atoms with van der Waals surface area (Å²) in [6.07, 6.45) is 1.23. The first-order valence-corrected chi connectivity index (χ1v) is 13.1. The van der Waals surface area contributed by atoms with Gasteiger partial charge in [0, 0.05) is 10.6 Å². The van der Waals surface area contributed by atoms with E-state index >= 15 is 0 Å². The van der Waals surface area contributed by atoms with Crippen molar-refractivity contribution in [2.45, 2.75) is 43.4 Å². The second-order valence-corrected chi connectivity index (χ2v) is 11.3. The van der Waals surface area contributed by atoms with Crippen LogP contribution in [0.4, 0.5) is 5.82 Å². The minimum Gasteiger partial charge on any atom is -0.310 e. The molecule has 34 heavy (non-hydrogen) atoms. The van der Waals surface area contributed by atoms with Gasteiger partial charge in [0.1, 0.15) is 5.82 Å². The van der Waals surface area contributed by atoms with E-state index in [1.54, 1.807) is 37.3 Å². The van der Waals surface area contributed by atoms with E-state index in [2.05, 4.69) is 10.3 Å². The zero-order chi connectivity index (χ0) is 24.5. The number of aryl methyl sites for hydroxylation is 1. The van der Waals surface area contributed by atoms with Crippen molar-refractivity contribution in [2.24, 2.45) is 0 Å². The van der Waals surface area contributed by atoms with Gasteiger partial charge >= 0.3 is 0 Å². The van der Waals surface area contributed by atoms with Crippen molar-refractivity contribution in [3.05, 3.63) is 88.1 Å². The fraction of sp³-hybridized carbons (Fsp3) is 0.269. The van der Waals surface area contributed by atoms with Crippen molar-refractivity contribution in [3.63, 3.8) is 0 Å². The highest BCUT2D eigenvalue weighted by Crippen LogP contribution is 2.40. The van der Waals surface area contributed by atoms with E-state index in [9.17, 15) is 18.0 Å². The Morgan fingerprint density at radius 1 is 1.09 bits per heavy atom. The molecule has 176 valence electrons. The third-order valence-electron chi connectivity index (χ3n) is 6.34. The van der Waals surface area contributed by atoms with E-state index in [1.807, 2.05) is 25.1 Å². The molecule has 1 amide bonds. The van der Waals surface area contributed by atoms with Crippen molar-refractivity contribution in [1.82, 2.24) is 4.98 Å². The molecule has 0 saturated heterocycles. The van der Waals surface area contributed by atoms with Crippen LogP contribution in [-0.4, -0.2) is 30.8 Å². The fourth-order valence-electron chi connectivity index (χ4n) is 4.27. The van der Waals surface area contributed by atoms with Gasteiger partial charge in [0.25, 0.3) is 0 Å². The summed E-state index contributed by atoms with van der Waals surface area (Å²) in [5.74, 6) is 0.0932. The Bertz CT molecular complexity index is 1370. The second kappa shape index (κ2) is 9.31. The fourth-order valence-corrected chi connectivity index (χ4v) is 5.50. The van der Waals surface area contributed by atoms with Crippen LogP contribution in [0.5, 0.6) is 0 Å². The summed E-state index contributed by atoms with van der Waals surface area (Å²) in [4.78, 5) is 30.6. The number of anilines is 1. The standard InChI is InChI=1S/C26H25ClN2O4S/c1-3-34(32,33)18-10-8-17(9-11-18)16-24(30)29-23-13-12-19-22(28-23)14-15-26(2,25(19)31)20-6-4-5-7-21(20)27/h4-13H,3,14-16H2,1-2H3,(H,28,29,30). The summed E-state index contributed by atoms with van der Waals surface area (Å²) < 4.78 is 23.9. The van der Waals surface area contributed by atoms with E-state index in [0.29, 0.717) is 40.5 Å². The van der Waals surface area contributed by atoms with E-state index < -0.39 is 15.3 Å². The first-order chi connectivity index (χ1) is 16.1. The van der Waals surface area contributed by atoms with Crippen LogP contribution < -0.4 is 5.32 Å². The molecule has 1 aliphatic rings. The highest BCUT2D eigenvalue weighted by molar-refractivity contribution is 7.91. The molecular weight excluding hydrogens is 472 g/mol. The van der Waals surface area contributed by atoms with Gasteiger partial charge in [-0.05, 0) is 61.2 Å². The molecule has 8 heteroatoms. The smallest absolute Gasteiger partial charge is 0.229 e. The van der Waals surface area contributed by atoms with E-state index in [-0.39, 0.29) is 28.8 Å². The molecule has 3 aromatic rings. The number of halogens is 1. The first kappa shape index (κ1) is 24.1. The Morgan fingerprint density at radius 2 is 1.79 bits per heavy atom. The summed E-state index contributed by atoms with van der Waals surface area (Å²) in [5, 5.41) is 3.34. The molecule has 0 fully saturated rings. The van der Waals surface area contributed by atoms with E-state index in [4.69, 9.17) is 11.6 Å². The Hall–Kier alpha value is -3.03. The van der Waals surface area contributed by atoms with Gasteiger partial charge in [-0.1, -0.05) is 48.9 Å². The molecule has 0 saturated carbocycles. The van der Waals surface area contributed by atoms with Gasteiger partial charge < -0.3 is 5.32 Å². The molecule has 0 spiro atoms. The average Bonchev–Trinajstić information content (AvgIpc) is 2.82. The summed E-state index contributed by atoms with van der Waals surface area (Å²) in [7, 11) is -3.28. The molecule has 0 radical (unpaired) electrons. The maximum atomic E-state index is 13.4. The third-order valence-corrected chi connectivity index (χ3v) is 8.42. The lowest BCUT2D eigenvalue weighted by Crippen LogP contribution is -2.38. The molecule has 0 bridgehead atoms. The molecule has 0 aliphatic heterocycles. The van der Waals surface area contributed by atoms with Gasteiger partial charge in [-0.15, -0.1) is 0 Å². The molecular formula is C26H25ClN2O4S. The molecule has 1 aliphatic carbocycles. The van der Waals surface area contributed by atoms with Crippen LogP contribution in [-0.2, 0) is 32.9 Å². The van der Waals surface area contributed by atoms with Gasteiger partial charge in [0.05, 0.1) is 28.2 Å². The van der Waals surface area contributed by atoms with Crippen molar-refractivity contribution >= 4 is 38.9 Å². The maximum absolute atomic E-state index is 13.4. The lowest BCUT2D eigenvalue weighted by Gasteiger charge is -2.34. The number of hydrogen-bond acceptors (Lipinski definition) is 5. The summed E-state index contributed by atoms with van der Waals surface area (Å²) in [6.45, 7) is 3.50. The minimum atomic E-state index is -3.28. The molecule has 1 unspecified atom stereocenters. The van der Waals surface area contributed by atoms with Crippen molar-refractivity contribution in [1.29, 1.82) is 0 Å². The number of hydrogen-bond donors (Lipinski definition) is 1. The number of nitrogens with zero attached hydrogens (tertiary/aromatic N) is 1. The van der Waals surface area contributed by atoms with Crippen LogP contribution in [0.15, 0.2) is 65.6 Å². The summed E-state index contributed by atoms with van der Waals surface area (Å²) in [6, 6.07) is 17.0. The molecule has 1 heterocycles. The zero-order valence-electron chi connectivity index (χ0n) is 19.0. The number of sulfone groups is 1. The topological polar surface area (TPSA) is 93.2 Å². The molecule has 1 aromatic heterocycles. The van der Waals surface area contributed by atoms with Gasteiger partial charge in [-0.2, -0.15) is 0 Å². The van der Waals surface area contributed by atoms with Crippen LogP contribution in [0.3, 0.4) is 0 Å². The van der Waals surface area contributed by atoms with E-state index in [1.165, 1.54) is 12.1 Å². The Balaban J connectivity index is 1.47. The number of ketones is 1. The second-order valence-electron chi connectivity index (χ2n) is 8.60. The number of carbonyl (C=O) groups is 2. The lowest BCUT2D eigenvalue weighted by atomic mass is 9.69. The highest BCUT2D eigenvalue weighted by Gasteiger charge is 2.41. The predicted molar refractivity (Wildman–Crippen MR) is 132 cm³/mol. The Morgan fingerprint density at radius 3 is 2.47 bits per heavy atom. The zero-order valence-corrected chi connectivity index (χ0v) is 20.5. The van der Waals surface area contributed by atoms with Gasteiger partial charge in [0.2, 0.25) is 5.91 Å². The van der Waals surface area contributed by atoms with Gasteiger partial charge in [-0.3, -0.25) is 9.59 Å². The van der Waals surface area contributed by atoms with Crippen molar-refractivity contribution in [3.8, 4) is 0 Å². The monoisotopic (exact) mass is 496 g/mol. The Labute approximate surface area is 204 Å². The number of rotatable bonds is 6. The molecule has 1 N–H and O–H groups in total. The molecule has 4 rings (SSSR count). The van der Waals surface area contributed by atoms with Crippen molar-refractivity contribution in [2.75, 3.05) is 11.1 Å². The van der Waals surface area contributed by atoms with Gasteiger partial charge in [0.15, 0.2) is 15.6 Å². The number of fused-ring (bicyclic) bond motifs is 1. The number of Topliss-reactive ketones (excluding diaryl/α,β-unsaturated/α-hetero) is 1. The van der Waals surface area contributed by atoms with Crippen molar-refractivity contribution < 1.29 is 18.0 Å². The summed E-state index contributed by atoms with van der Waals surface area (Å²) in [5.41, 5.74) is 1.97. The van der Waals surface area contributed by atoms with Crippen LogP contribution >= 0.6 is 11.6 Å². The number of carbonyl (C=O) groups excluding carboxylic acids is 2. The van der Waals surface area contributed by atoms with E-state index in [0.717, 1.165) is 5.56 Å². The largest absolute Gasteiger partial charge is 0.310 e. The summed E-state index contributed by atoms with van der Waals surface area (Å²) >= 11 is 6.38. The predicted octanol–water partition coefficient (Wildman–Crippen LogP) is 4.80. The molecule has 1 atom stereocenters. The quantitative estimate of drug-likeness (QED) is 0.529. The number of nitrogens with one attached hydrogen (secondary N) is 1. The van der Waals surface area contributed by atoms with Gasteiger partial charge in [-0.25, -0.2) is 13.4 Å². The minimum absolute atomic E-state index is 0.0247. The number of amides is 1. The Kier molecular flexibility index (Phi) is 6.60. The molecule has 6 nitrogen and oxygen atoms in total. The normalized spacial score (nSPS) is 17.8. The SMILES string of the molecule is CCS(=O)(=O)c1ccc(CC(=O)Nc2ccc3c(n2)CCC(C)(c2ccccc2Cl)C3=O)cc1. The average molecular weight is 497 g/mol. The van der Waals surface area contributed by atoms with Crippen LogP contribution in [0.25, 0.3) is 0 Å². The number of aromatic nitrogens is 1. The number of benzene rings is 2. The lowest BCUT2D eigenvalue weighted by molar-refractivity contribution is -0.115. The van der Waals surface area contributed by atoms with Crippen LogP contribution in [0, 0.1) is 0 Å². The van der Waals surface area contributed by atoms with Crippen LogP contribution in [0.2, 0.25) is 5.02 Å². The van der Waals surface area contributed by atoms with Crippen LogP contribution in [0.1, 0.15) is 47.4 Å². The first-order valence-electron chi connectivity index (χ1n) is 11.1. The molecule has 2 aromatic carbocycles.